The van der Waals surface area contributed by atoms with E-state index in [0.717, 1.165) is 83.7 Å². The predicted octanol–water partition coefficient (Wildman–Crippen LogP) is 8.26. The molecule has 0 aromatic rings. The molecule has 38 heteroatoms. The zero-order valence-electron chi connectivity index (χ0n) is 71.7. The monoisotopic (exact) mass is 1720 g/mol. The van der Waals surface area contributed by atoms with E-state index in [4.69, 9.17) is 29.2 Å². The minimum absolute atomic E-state index is 0.0222. The Balaban J connectivity index is -0.00000171. The molecule has 0 aromatic heterocycles. The van der Waals surface area contributed by atoms with Gasteiger partial charge >= 0.3 is 59.9 Å². The number of unbranched alkanes of at least 4 members (excludes halogenated alkanes) is 15. The summed E-state index contributed by atoms with van der Waals surface area (Å²) in [6.07, 6.45) is 21.5. The van der Waals surface area contributed by atoms with Crippen molar-refractivity contribution in [3.63, 3.8) is 0 Å². The van der Waals surface area contributed by atoms with Crippen LogP contribution in [0.15, 0.2) is 0 Å². The molecule has 120 heavy (non-hydrogen) atoms. The van der Waals surface area contributed by atoms with E-state index in [2.05, 4.69) is 54.8 Å². The van der Waals surface area contributed by atoms with Crippen LogP contribution in [0.5, 0.6) is 0 Å². The van der Waals surface area contributed by atoms with Gasteiger partial charge in [0.15, 0.2) is 0 Å². The fourth-order valence-corrected chi connectivity index (χ4v) is 11.4. The van der Waals surface area contributed by atoms with E-state index >= 15 is 0 Å². The molecule has 0 aliphatic heterocycles. The van der Waals surface area contributed by atoms with Crippen molar-refractivity contribution in [2.45, 2.75) is 335 Å². The SMILES string of the molecule is CCCCCC(CC(=O)CCCCCCC(=O)NCCCCC(NC(=O)NC(CCC(C)=O)C(=O)O)C(=O)O)C(=O)O.CCCCCCCC(=O)CCCCCCC(=O)NCCCCC(NC(=O)NC(CCC(C)=O)C(=O)O)C(=O)O.CCCOCCOCCOCCOCCC(=O)NCCCCC(NC(=O)NC(CCC(C)=O)C(=O)O)C(=O)O. The number of nitrogens with one attached hydrogen (secondary N) is 9. The van der Waals surface area contributed by atoms with E-state index in [-0.39, 0.29) is 118 Å². The largest absolute Gasteiger partial charge is 0.481 e. The van der Waals surface area contributed by atoms with Crippen LogP contribution in [0, 0.1) is 5.92 Å². The molecular formula is C82H143N9O29. The van der Waals surface area contributed by atoms with Crippen LogP contribution in [0.3, 0.4) is 0 Å². The van der Waals surface area contributed by atoms with Gasteiger partial charge in [0.2, 0.25) is 17.7 Å². The van der Waals surface area contributed by atoms with Gasteiger partial charge in [-0.2, -0.15) is 0 Å². The fraction of sp³-hybridized carbons (Fsp3) is 0.780. The number of carboxylic acids is 7. The molecule has 0 aliphatic rings. The molecule has 0 fully saturated rings. The number of rotatable bonds is 77. The van der Waals surface area contributed by atoms with Crippen molar-refractivity contribution >= 4 is 107 Å². The number of carboxylic acid groups (broad SMARTS) is 7. The van der Waals surface area contributed by atoms with Gasteiger partial charge in [0, 0.05) is 90.4 Å². The Morgan fingerprint density at radius 1 is 0.242 bits per heavy atom. The van der Waals surface area contributed by atoms with Crippen LogP contribution in [0.4, 0.5) is 14.4 Å². The van der Waals surface area contributed by atoms with E-state index < -0.39 is 102 Å². The summed E-state index contributed by atoms with van der Waals surface area (Å²) in [4.78, 5) is 209. The molecule has 0 saturated carbocycles. The lowest BCUT2D eigenvalue weighted by molar-refractivity contribution is -0.144. The summed E-state index contributed by atoms with van der Waals surface area (Å²) in [6, 6.07) is -10.5. The fourth-order valence-electron chi connectivity index (χ4n) is 11.4. The van der Waals surface area contributed by atoms with E-state index in [1.807, 2.05) is 13.8 Å². The lowest BCUT2D eigenvalue weighted by Gasteiger charge is -2.18. The Morgan fingerprint density at radius 2 is 0.500 bits per heavy atom. The number of Topliss-reactive ketones (excluding diaryl/α,β-unsaturated/α-hetero) is 5. The number of urea groups is 3. The lowest BCUT2D eigenvalue weighted by Crippen LogP contribution is -2.51. The highest BCUT2D eigenvalue weighted by atomic mass is 16.6. The molecule has 0 saturated heterocycles. The summed E-state index contributed by atoms with van der Waals surface area (Å²) in [5.74, 6) is -10.1. The first-order valence-electron chi connectivity index (χ1n) is 42.5. The number of carbonyl (C=O) groups is 18. The number of ether oxygens (including phenoxy) is 4. The predicted molar refractivity (Wildman–Crippen MR) is 441 cm³/mol. The number of ketones is 5. The second-order valence-electron chi connectivity index (χ2n) is 29.5. The van der Waals surface area contributed by atoms with Gasteiger partial charge in [0.25, 0.3) is 0 Å². The molecule has 0 heterocycles. The Morgan fingerprint density at radius 3 is 0.792 bits per heavy atom. The summed E-state index contributed by atoms with van der Waals surface area (Å²) in [5.41, 5.74) is 0. The second kappa shape index (κ2) is 77.1. The van der Waals surface area contributed by atoms with Crippen LogP contribution in [-0.2, 0) is 90.9 Å². The van der Waals surface area contributed by atoms with Crippen LogP contribution in [0.25, 0.3) is 0 Å². The van der Waals surface area contributed by atoms with Crippen molar-refractivity contribution in [1.82, 2.24) is 47.9 Å². The van der Waals surface area contributed by atoms with Crippen molar-refractivity contribution in [2.24, 2.45) is 5.92 Å². The first kappa shape index (κ1) is 115. The molecule has 9 amide bonds. The zero-order chi connectivity index (χ0) is 90.7. The molecule has 7 atom stereocenters. The van der Waals surface area contributed by atoms with Crippen molar-refractivity contribution in [1.29, 1.82) is 0 Å². The lowest BCUT2D eigenvalue weighted by atomic mass is 9.94. The summed E-state index contributed by atoms with van der Waals surface area (Å²) in [7, 11) is 0. The number of aliphatic carboxylic acids is 7. The van der Waals surface area contributed by atoms with Crippen LogP contribution in [0.1, 0.15) is 298 Å². The Bertz CT molecular complexity index is 3000. The van der Waals surface area contributed by atoms with Crippen LogP contribution in [-0.4, -0.2) is 251 Å². The normalized spacial score (nSPS) is 12.5. The molecule has 38 nitrogen and oxygen atoms in total. The number of carbonyl (C=O) groups excluding carboxylic acids is 11. The van der Waals surface area contributed by atoms with Crippen molar-refractivity contribution < 1.29 is 141 Å². The Kier molecular flexibility index (Phi) is 73.7. The van der Waals surface area contributed by atoms with Crippen LogP contribution >= 0.6 is 0 Å². The maximum atomic E-state index is 12.1. The van der Waals surface area contributed by atoms with E-state index in [9.17, 15) is 112 Å². The molecule has 0 aliphatic carbocycles. The standard InChI is InChI=1S/C29H49N3O10.C28H49N3O8.C25H45N3O11/c1-3-4-7-12-21(26(36)37)19-22(34)13-8-5-6-9-15-25(35)30-18-11-10-14-23(27(38)39)31-29(42)32-24(28(40)41)17-16-20(2)33;1-3-4-5-6-9-14-22(33)15-10-7-8-11-17-25(34)29-20-13-12-16-23(26(35)36)30-28(39)31-24(27(37)38)19-18-21(2)32;1-3-11-36-13-15-38-17-18-39-16-14-37-12-9-22(30)26-10-5-4-6-20(23(31)32)27-25(35)28-21(24(33)34)8-7-19(2)29/h21,23-24H,3-19H2,1-2H3,(H,30,35)(H,36,37)(H,38,39)(H,40,41)(H2,31,32,42);23-24H,3-20H2,1-2H3,(H,29,34)(H,35,36)(H,37,38)(H2,30,31,39);20-21H,3-18H2,1-2H3,(H,26,30)(H,31,32)(H,33,34)(H2,27,28,35). The van der Waals surface area contributed by atoms with Gasteiger partial charge in [-0.1, -0.05) is 91.4 Å². The zero-order valence-corrected chi connectivity index (χ0v) is 71.7. The van der Waals surface area contributed by atoms with Crippen LogP contribution in [0.2, 0.25) is 0 Å². The molecule has 0 radical (unpaired) electrons. The molecule has 7 unspecified atom stereocenters. The van der Waals surface area contributed by atoms with Crippen molar-refractivity contribution in [3.05, 3.63) is 0 Å². The minimum atomic E-state index is -1.33. The average Bonchev–Trinajstić information content (AvgIpc) is 0.912. The molecule has 690 valence electrons. The smallest absolute Gasteiger partial charge is 0.326 e. The first-order chi connectivity index (χ1) is 57.1. The summed E-state index contributed by atoms with van der Waals surface area (Å²) < 4.78 is 21.4. The van der Waals surface area contributed by atoms with Gasteiger partial charge in [0.1, 0.15) is 65.2 Å². The second-order valence-corrected chi connectivity index (χ2v) is 29.5. The number of hydrogen-bond acceptors (Lipinski definition) is 22. The van der Waals surface area contributed by atoms with Crippen molar-refractivity contribution in [2.75, 3.05) is 72.5 Å². The number of hydrogen-bond donors (Lipinski definition) is 16. The van der Waals surface area contributed by atoms with Crippen LogP contribution < -0.4 is 47.9 Å². The highest BCUT2D eigenvalue weighted by molar-refractivity contribution is 5.89. The Labute approximate surface area is 705 Å². The topological polar surface area (TPSA) is 594 Å². The van der Waals surface area contributed by atoms with Gasteiger partial charge in [-0.3, -0.25) is 28.8 Å². The molecule has 0 rings (SSSR count). The third kappa shape index (κ3) is 73.8. The highest BCUT2D eigenvalue weighted by Gasteiger charge is 2.29. The van der Waals surface area contributed by atoms with E-state index in [0.29, 0.717) is 155 Å². The quantitative estimate of drug-likeness (QED) is 0.0255. The van der Waals surface area contributed by atoms with E-state index in [1.165, 1.54) is 40.0 Å². The average molecular weight is 1720 g/mol. The summed E-state index contributed by atoms with van der Waals surface area (Å²) >= 11 is 0. The third-order valence-corrected chi connectivity index (χ3v) is 18.4. The van der Waals surface area contributed by atoms with Gasteiger partial charge < -0.3 is 117 Å². The summed E-state index contributed by atoms with van der Waals surface area (Å²) in [5, 5.41) is 86.4. The van der Waals surface area contributed by atoms with Gasteiger partial charge in [0.05, 0.1) is 52.2 Å². The third-order valence-electron chi connectivity index (χ3n) is 18.4. The molecule has 0 aromatic carbocycles. The molecular weight excluding hydrogens is 1570 g/mol. The Hall–Kier alpha value is -9.30. The minimum Gasteiger partial charge on any atom is -0.481 e. The molecule has 16 N–H and O–H groups in total. The molecule has 0 spiro atoms. The highest BCUT2D eigenvalue weighted by Crippen LogP contribution is 2.18. The van der Waals surface area contributed by atoms with E-state index in [1.54, 1.807) is 0 Å². The number of amides is 9. The maximum absolute atomic E-state index is 12.1. The molecule has 0 bridgehead atoms. The van der Waals surface area contributed by atoms with Gasteiger partial charge in [-0.15, -0.1) is 0 Å². The maximum Gasteiger partial charge on any atom is 0.326 e. The summed E-state index contributed by atoms with van der Waals surface area (Å²) in [6.45, 7) is 15.0. The first-order valence-corrected chi connectivity index (χ1v) is 42.5. The van der Waals surface area contributed by atoms with Gasteiger partial charge in [-0.25, -0.2) is 43.2 Å². The van der Waals surface area contributed by atoms with Gasteiger partial charge in [-0.05, 0) is 143 Å². The van der Waals surface area contributed by atoms with Crippen molar-refractivity contribution in [3.8, 4) is 0 Å².